The largest absolute Gasteiger partial charge is 0.486 e. The third-order valence-corrected chi connectivity index (χ3v) is 3.98. The molecule has 0 bridgehead atoms. The number of hydrogen-bond donors (Lipinski definition) is 2. The second kappa shape index (κ2) is 6.98. The van der Waals surface area contributed by atoms with E-state index in [9.17, 15) is 4.79 Å². The van der Waals surface area contributed by atoms with Gasteiger partial charge in [-0.2, -0.15) is 0 Å². The molecule has 2 aliphatic heterocycles. The van der Waals surface area contributed by atoms with E-state index in [4.69, 9.17) is 19.9 Å². The molecule has 0 radical (unpaired) electrons. The minimum atomic E-state index is -0.353. The van der Waals surface area contributed by atoms with E-state index in [1.54, 1.807) is 0 Å². The van der Waals surface area contributed by atoms with Crippen molar-refractivity contribution in [2.45, 2.75) is 31.5 Å². The molecule has 3 rings (SSSR count). The van der Waals surface area contributed by atoms with E-state index in [0.717, 1.165) is 36.3 Å². The van der Waals surface area contributed by atoms with Crippen molar-refractivity contribution in [1.29, 1.82) is 0 Å². The molecule has 1 aromatic carbocycles. The van der Waals surface area contributed by atoms with Crippen LogP contribution in [0.1, 0.15) is 18.4 Å². The molecule has 120 valence electrons. The SMILES string of the molecule is NC[C@H]1CC[C@@H](C(=O)NCCc2ccc3c(c2)OCCO3)O1. The lowest BCUT2D eigenvalue weighted by molar-refractivity contribution is -0.131. The number of ether oxygens (including phenoxy) is 3. The normalized spacial score (nSPS) is 23.3. The van der Waals surface area contributed by atoms with Crippen LogP contribution in [0.2, 0.25) is 0 Å². The van der Waals surface area contributed by atoms with Crippen LogP contribution < -0.4 is 20.5 Å². The first kappa shape index (κ1) is 15.1. The fourth-order valence-corrected chi connectivity index (χ4v) is 2.76. The summed E-state index contributed by atoms with van der Waals surface area (Å²) in [6, 6.07) is 5.88. The number of amides is 1. The van der Waals surface area contributed by atoms with Gasteiger partial charge < -0.3 is 25.3 Å². The first-order valence-corrected chi connectivity index (χ1v) is 7.78. The molecule has 2 atom stereocenters. The predicted molar refractivity (Wildman–Crippen MR) is 81.1 cm³/mol. The maximum absolute atomic E-state index is 12.0. The zero-order valence-corrected chi connectivity index (χ0v) is 12.5. The molecule has 0 saturated carbocycles. The number of hydrogen-bond acceptors (Lipinski definition) is 5. The number of nitrogens with two attached hydrogens (primary N) is 1. The van der Waals surface area contributed by atoms with Crippen LogP contribution in [0.25, 0.3) is 0 Å². The first-order valence-electron chi connectivity index (χ1n) is 7.78. The maximum atomic E-state index is 12.0. The van der Waals surface area contributed by atoms with Crippen molar-refractivity contribution in [2.75, 3.05) is 26.3 Å². The number of carbonyl (C=O) groups is 1. The average Bonchev–Trinajstić information content (AvgIpc) is 3.04. The second-order valence-corrected chi connectivity index (χ2v) is 5.58. The van der Waals surface area contributed by atoms with E-state index in [2.05, 4.69) is 5.32 Å². The predicted octanol–water partition coefficient (Wildman–Crippen LogP) is 0.623. The van der Waals surface area contributed by atoms with Crippen LogP contribution in [0.5, 0.6) is 11.5 Å². The summed E-state index contributed by atoms with van der Waals surface area (Å²) in [4.78, 5) is 12.0. The molecule has 1 saturated heterocycles. The fourth-order valence-electron chi connectivity index (χ4n) is 2.76. The Balaban J connectivity index is 1.46. The van der Waals surface area contributed by atoms with E-state index in [1.165, 1.54) is 0 Å². The first-order chi connectivity index (χ1) is 10.8. The Morgan fingerprint density at radius 2 is 2.05 bits per heavy atom. The lowest BCUT2D eigenvalue weighted by Crippen LogP contribution is -2.36. The summed E-state index contributed by atoms with van der Waals surface area (Å²) in [5.74, 6) is 1.51. The minimum absolute atomic E-state index is 0.0218. The molecule has 3 N–H and O–H groups in total. The highest BCUT2D eigenvalue weighted by molar-refractivity contribution is 5.81. The number of nitrogens with one attached hydrogen (secondary N) is 1. The van der Waals surface area contributed by atoms with Gasteiger partial charge in [0.1, 0.15) is 19.3 Å². The van der Waals surface area contributed by atoms with Gasteiger partial charge in [-0.15, -0.1) is 0 Å². The summed E-state index contributed by atoms with van der Waals surface area (Å²) in [5, 5.41) is 2.92. The number of rotatable bonds is 5. The van der Waals surface area contributed by atoms with Crippen molar-refractivity contribution in [3.05, 3.63) is 23.8 Å². The Labute approximate surface area is 129 Å². The van der Waals surface area contributed by atoms with Gasteiger partial charge in [-0.05, 0) is 37.0 Å². The molecule has 1 aromatic rings. The molecule has 0 unspecified atom stereocenters. The molecule has 2 heterocycles. The quantitative estimate of drug-likeness (QED) is 0.833. The molecule has 1 amide bonds. The lowest BCUT2D eigenvalue weighted by Gasteiger charge is -2.19. The van der Waals surface area contributed by atoms with Gasteiger partial charge in [0.15, 0.2) is 11.5 Å². The molecule has 6 heteroatoms. The third kappa shape index (κ3) is 3.51. The van der Waals surface area contributed by atoms with Crippen molar-refractivity contribution in [2.24, 2.45) is 5.73 Å². The van der Waals surface area contributed by atoms with E-state index < -0.39 is 0 Å². The third-order valence-electron chi connectivity index (χ3n) is 3.98. The summed E-state index contributed by atoms with van der Waals surface area (Å²) in [5.41, 5.74) is 6.66. The van der Waals surface area contributed by atoms with Crippen LogP contribution in [0.3, 0.4) is 0 Å². The Morgan fingerprint density at radius 1 is 1.23 bits per heavy atom. The summed E-state index contributed by atoms with van der Waals surface area (Å²) < 4.78 is 16.6. The number of benzene rings is 1. The summed E-state index contributed by atoms with van der Waals surface area (Å²) in [6.07, 6.45) is 2.02. The molecule has 6 nitrogen and oxygen atoms in total. The van der Waals surface area contributed by atoms with E-state index in [-0.39, 0.29) is 18.1 Å². The number of carbonyl (C=O) groups excluding carboxylic acids is 1. The number of fused-ring (bicyclic) bond motifs is 1. The highest BCUT2D eigenvalue weighted by Gasteiger charge is 2.29. The average molecular weight is 306 g/mol. The van der Waals surface area contributed by atoms with Crippen LogP contribution in [0.15, 0.2) is 18.2 Å². The maximum Gasteiger partial charge on any atom is 0.249 e. The zero-order chi connectivity index (χ0) is 15.4. The van der Waals surface area contributed by atoms with Crippen LogP contribution in [0, 0.1) is 0 Å². The van der Waals surface area contributed by atoms with Gasteiger partial charge in [-0.25, -0.2) is 0 Å². The van der Waals surface area contributed by atoms with Crippen molar-refractivity contribution in [1.82, 2.24) is 5.32 Å². The molecule has 0 aliphatic carbocycles. The monoisotopic (exact) mass is 306 g/mol. The van der Waals surface area contributed by atoms with Crippen molar-refractivity contribution in [3.8, 4) is 11.5 Å². The van der Waals surface area contributed by atoms with Gasteiger partial charge >= 0.3 is 0 Å². The van der Waals surface area contributed by atoms with Gasteiger partial charge in [-0.1, -0.05) is 6.07 Å². The Kier molecular flexibility index (Phi) is 4.80. The van der Waals surface area contributed by atoms with E-state index >= 15 is 0 Å². The standard InChI is InChI=1S/C16H22N2O4/c17-10-12-2-4-14(22-12)16(19)18-6-5-11-1-3-13-15(9-11)21-8-7-20-13/h1,3,9,12,14H,2,4-8,10,17H2,(H,18,19)/t12-,14+/m1/s1. The Bertz CT molecular complexity index is 535. The Morgan fingerprint density at radius 3 is 2.82 bits per heavy atom. The molecule has 22 heavy (non-hydrogen) atoms. The highest BCUT2D eigenvalue weighted by atomic mass is 16.6. The smallest absolute Gasteiger partial charge is 0.249 e. The molecule has 2 aliphatic rings. The van der Waals surface area contributed by atoms with Crippen molar-refractivity contribution in [3.63, 3.8) is 0 Å². The van der Waals surface area contributed by atoms with Crippen LogP contribution in [0.4, 0.5) is 0 Å². The van der Waals surface area contributed by atoms with Gasteiger partial charge in [0.25, 0.3) is 0 Å². The topological polar surface area (TPSA) is 82.8 Å². The lowest BCUT2D eigenvalue weighted by atomic mass is 10.1. The van der Waals surface area contributed by atoms with Crippen molar-refractivity contribution >= 4 is 5.91 Å². The van der Waals surface area contributed by atoms with Gasteiger partial charge in [0.05, 0.1) is 6.10 Å². The molecule has 0 aromatic heterocycles. The van der Waals surface area contributed by atoms with Gasteiger partial charge in [-0.3, -0.25) is 4.79 Å². The minimum Gasteiger partial charge on any atom is -0.486 e. The Hall–Kier alpha value is -1.79. The fraction of sp³-hybridized carbons (Fsp3) is 0.562. The summed E-state index contributed by atoms with van der Waals surface area (Å²) in [7, 11) is 0. The van der Waals surface area contributed by atoms with Gasteiger partial charge in [0.2, 0.25) is 5.91 Å². The highest BCUT2D eigenvalue weighted by Crippen LogP contribution is 2.30. The molecular formula is C16H22N2O4. The van der Waals surface area contributed by atoms with Crippen LogP contribution in [-0.4, -0.2) is 44.4 Å². The zero-order valence-electron chi connectivity index (χ0n) is 12.5. The van der Waals surface area contributed by atoms with E-state index in [1.807, 2.05) is 18.2 Å². The molecular weight excluding hydrogens is 284 g/mol. The van der Waals surface area contributed by atoms with E-state index in [0.29, 0.717) is 26.3 Å². The molecule has 1 fully saturated rings. The van der Waals surface area contributed by atoms with Gasteiger partial charge in [0, 0.05) is 13.1 Å². The van der Waals surface area contributed by atoms with Crippen LogP contribution >= 0.6 is 0 Å². The molecule has 0 spiro atoms. The van der Waals surface area contributed by atoms with Crippen molar-refractivity contribution < 1.29 is 19.0 Å². The summed E-state index contributed by atoms with van der Waals surface area (Å²) >= 11 is 0. The second-order valence-electron chi connectivity index (χ2n) is 5.58. The summed E-state index contributed by atoms with van der Waals surface area (Å²) in [6.45, 7) is 2.22. The van der Waals surface area contributed by atoms with Crippen LogP contribution in [-0.2, 0) is 16.0 Å².